The van der Waals surface area contributed by atoms with E-state index in [2.05, 4.69) is 12.2 Å². The van der Waals surface area contributed by atoms with Gasteiger partial charge >= 0.3 is 5.97 Å². The first-order valence-corrected chi connectivity index (χ1v) is 6.93. The second kappa shape index (κ2) is 6.38. The molecule has 0 amide bonds. The Kier molecular flexibility index (Phi) is 5.47. The van der Waals surface area contributed by atoms with Crippen LogP contribution in [0.15, 0.2) is 0 Å². The van der Waals surface area contributed by atoms with Crippen molar-refractivity contribution in [1.29, 1.82) is 0 Å². The van der Waals surface area contributed by atoms with Crippen LogP contribution in [0.1, 0.15) is 39.0 Å². The molecule has 1 aliphatic rings. The van der Waals surface area contributed by atoms with Crippen molar-refractivity contribution in [1.82, 2.24) is 5.32 Å². The highest BCUT2D eigenvalue weighted by atomic mass is 32.2. The molecule has 0 aromatic heterocycles. The predicted molar refractivity (Wildman–Crippen MR) is 64.5 cm³/mol. The summed E-state index contributed by atoms with van der Waals surface area (Å²) < 4.78 is 0. The molecule has 0 radical (unpaired) electrons. The molecule has 1 heterocycles. The molecular formula is C11H21NO2S. The highest BCUT2D eigenvalue weighted by Gasteiger charge is 2.39. The van der Waals surface area contributed by atoms with Crippen molar-refractivity contribution in [2.75, 3.05) is 18.1 Å². The lowest BCUT2D eigenvalue weighted by Crippen LogP contribution is -2.55. The van der Waals surface area contributed by atoms with Crippen LogP contribution in [-0.2, 0) is 4.79 Å². The lowest BCUT2D eigenvalue weighted by atomic mass is 9.95. The van der Waals surface area contributed by atoms with E-state index >= 15 is 0 Å². The summed E-state index contributed by atoms with van der Waals surface area (Å²) in [5.41, 5.74) is -0.642. The number of rotatable bonds is 6. The Hall–Kier alpha value is -0.220. The molecule has 1 aliphatic heterocycles. The maximum Gasteiger partial charge on any atom is 0.324 e. The third-order valence-electron chi connectivity index (χ3n) is 2.89. The van der Waals surface area contributed by atoms with Gasteiger partial charge in [0, 0.05) is 5.75 Å². The number of thioether (sulfide) groups is 1. The second-order valence-corrected chi connectivity index (χ2v) is 5.28. The highest BCUT2D eigenvalue weighted by molar-refractivity contribution is 7.99. The molecule has 1 fully saturated rings. The Morgan fingerprint density at radius 1 is 1.53 bits per heavy atom. The summed E-state index contributed by atoms with van der Waals surface area (Å²) in [6, 6.07) is 0. The minimum Gasteiger partial charge on any atom is -0.480 e. The van der Waals surface area contributed by atoms with Crippen LogP contribution in [0.3, 0.4) is 0 Å². The van der Waals surface area contributed by atoms with Gasteiger partial charge in [-0.1, -0.05) is 19.8 Å². The van der Waals surface area contributed by atoms with Gasteiger partial charge in [-0.25, -0.2) is 0 Å². The van der Waals surface area contributed by atoms with Crippen LogP contribution in [0.25, 0.3) is 0 Å². The lowest BCUT2D eigenvalue weighted by Gasteiger charge is -2.33. The van der Waals surface area contributed by atoms with E-state index in [1.54, 1.807) is 11.8 Å². The SMILES string of the molecule is CCCCCNC1(C(=O)O)CCCSC1. The van der Waals surface area contributed by atoms with Gasteiger partial charge in [0.1, 0.15) is 5.54 Å². The Morgan fingerprint density at radius 2 is 2.33 bits per heavy atom. The Balaban J connectivity index is 2.39. The number of carboxylic acids is 1. The van der Waals surface area contributed by atoms with E-state index in [-0.39, 0.29) is 0 Å². The molecule has 1 saturated heterocycles. The second-order valence-electron chi connectivity index (χ2n) is 4.18. The van der Waals surface area contributed by atoms with Gasteiger partial charge in [-0.3, -0.25) is 4.79 Å². The molecule has 0 saturated carbocycles. The average molecular weight is 231 g/mol. The van der Waals surface area contributed by atoms with Gasteiger partial charge in [0.2, 0.25) is 0 Å². The van der Waals surface area contributed by atoms with Crippen LogP contribution in [0.5, 0.6) is 0 Å². The van der Waals surface area contributed by atoms with E-state index < -0.39 is 11.5 Å². The highest BCUT2D eigenvalue weighted by Crippen LogP contribution is 2.27. The predicted octanol–water partition coefficient (Wildman–Crippen LogP) is 2.12. The summed E-state index contributed by atoms with van der Waals surface area (Å²) in [7, 11) is 0. The summed E-state index contributed by atoms with van der Waals surface area (Å²) in [6.07, 6.45) is 5.22. The van der Waals surface area contributed by atoms with Gasteiger partial charge in [0.05, 0.1) is 0 Å². The van der Waals surface area contributed by atoms with Crippen LogP contribution >= 0.6 is 11.8 Å². The normalized spacial score (nSPS) is 26.5. The van der Waals surface area contributed by atoms with Gasteiger partial charge in [-0.15, -0.1) is 0 Å². The van der Waals surface area contributed by atoms with E-state index in [0.29, 0.717) is 5.75 Å². The van der Waals surface area contributed by atoms with E-state index in [4.69, 9.17) is 0 Å². The largest absolute Gasteiger partial charge is 0.480 e. The lowest BCUT2D eigenvalue weighted by molar-refractivity contribution is -0.144. The summed E-state index contributed by atoms with van der Waals surface area (Å²) >= 11 is 1.75. The number of carbonyl (C=O) groups is 1. The van der Waals surface area contributed by atoms with E-state index in [0.717, 1.165) is 31.6 Å². The fraction of sp³-hybridized carbons (Fsp3) is 0.909. The fourth-order valence-corrected chi connectivity index (χ4v) is 3.09. The molecule has 0 aromatic rings. The van der Waals surface area contributed by atoms with Crippen LogP contribution in [0.2, 0.25) is 0 Å². The maximum atomic E-state index is 11.3. The van der Waals surface area contributed by atoms with Crippen molar-refractivity contribution in [3.05, 3.63) is 0 Å². The molecule has 1 atom stereocenters. The van der Waals surface area contributed by atoms with Crippen LogP contribution in [0.4, 0.5) is 0 Å². The first-order valence-electron chi connectivity index (χ1n) is 5.77. The number of unbranched alkanes of at least 4 members (excludes halogenated alkanes) is 2. The van der Waals surface area contributed by atoms with Crippen molar-refractivity contribution in [2.24, 2.45) is 0 Å². The molecule has 15 heavy (non-hydrogen) atoms. The molecule has 0 aliphatic carbocycles. The third kappa shape index (κ3) is 3.68. The maximum absolute atomic E-state index is 11.3. The summed E-state index contributed by atoms with van der Waals surface area (Å²) in [5.74, 6) is 1.14. The van der Waals surface area contributed by atoms with Gasteiger partial charge in [0.25, 0.3) is 0 Å². The number of hydrogen-bond acceptors (Lipinski definition) is 3. The van der Waals surface area contributed by atoms with Crippen LogP contribution in [-0.4, -0.2) is 34.7 Å². The minimum absolute atomic E-state index is 0.642. The number of hydrogen-bond donors (Lipinski definition) is 2. The van der Waals surface area contributed by atoms with Crippen LogP contribution in [0, 0.1) is 0 Å². The molecular weight excluding hydrogens is 210 g/mol. The number of carboxylic acid groups (broad SMARTS) is 1. The fourth-order valence-electron chi connectivity index (χ4n) is 1.88. The van der Waals surface area contributed by atoms with Gasteiger partial charge in [-0.05, 0) is 31.6 Å². The van der Waals surface area contributed by atoms with Crippen molar-refractivity contribution < 1.29 is 9.90 Å². The topological polar surface area (TPSA) is 49.3 Å². The van der Waals surface area contributed by atoms with Gasteiger partial charge in [-0.2, -0.15) is 11.8 Å². The molecule has 1 unspecified atom stereocenters. The van der Waals surface area contributed by atoms with Crippen molar-refractivity contribution in [2.45, 2.75) is 44.6 Å². The zero-order valence-electron chi connectivity index (χ0n) is 9.42. The molecule has 0 aromatic carbocycles. The Bertz CT molecular complexity index is 203. The van der Waals surface area contributed by atoms with Crippen molar-refractivity contribution in [3.8, 4) is 0 Å². The quantitative estimate of drug-likeness (QED) is 0.687. The first kappa shape index (κ1) is 12.8. The smallest absolute Gasteiger partial charge is 0.324 e. The van der Waals surface area contributed by atoms with Crippen molar-refractivity contribution in [3.63, 3.8) is 0 Å². The molecule has 3 nitrogen and oxygen atoms in total. The number of nitrogens with one attached hydrogen (secondary N) is 1. The van der Waals surface area contributed by atoms with Gasteiger partial charge < -0.3 is 10.4 Å². The van der Waals surface area contributed by atoms with Crippen LogP contribution < -0.4 is 5.32 Å². The molecule has 0 spiro atoms. The number of aliphatic carboxylic acids is 1. The van der Waals surface area contributed by atoms with E-state index in [1.165, 1.54) is 12.8 Å². The summed E-state index contributed by atoms with van der Waals surface area (Å²) in [5, 5.41) is 12.5. The molecule has 1 rings (SSSR count). The van der Waals surface area contributed by atoms with E-state index in [1.807, 2.05) is 0 Å². The zero-order chi connectivity index (χ0) is 11.1. The van der Waals surface area contributed by atoms with Gasteiger partial charge in [0.15, 0.2) is 0 Å². The molecule has 88 valence electrons. The minimum atomic E-state index is -0.675. The standard InChI is InChI=1S/C11H21NO2S/c1-2-3-4-7-12-11(10(13)14)6-5-8-15-9-11/h12H,2-9H2,1H3,(H,13,14). The Morgan fingerprint density at radius 3 is 2.87 bits per heavy atom. The Labute approximate surface area is 96.0 Å². The molecule has 0 bridgehead atoms. The molecule has 4 heteroatoms. The first-order chi connectivity index (χ1) is 7.21. The average Bonchev–Trinajstić information content (AvgIpc) is 2.26. The summed E-state index contributed by atoms with van der Waals surface area (Å²) in [4.78, 5) is 11.3. The van der Waals surface area contributed by atoms with Crippen molar-refractivity contribution >= 4 is 17.7 Å². The third-order valence-corrected chi connectivity index (χ3v) is 4.17. The molecule has 2 N–H and O–H groups in total. The summed E-state index contributed by atoms with van der Waals surface area (Å²) in [6.45, 7) is 2.99. The monoisotopic (exact) mass is 231 g/mol. The zero-order valence-corrected chi connectivity index (χ0v) is 10.2. The van der Waals surface area contributed by atoms with E-state index in [9.17, 15) is 9.90 Å².